The van der Waals surface area contributed by atoms with Gasteiger partial charge >= 0.3 is 0 Å². The fourth-order valence-corrected chi connectivity index (χ4v) is 5.87. The third kappa shape index (κ3) is 5.28. The fraction of sp³-hybridized carbons (Fsp3) is 0.533. The van der Waals surface area contributed by atoms with Gasteiger partial charge in [0.15, 0.2) is 5.82 Å². The maximum Gasteiger partial charge on any atom is 0.238 e. The van der Waals surface area contributed by atoms with Crippen LogP contribution in [0.15, 0.2) is 36.4 Å². The van der Waals surface area contributed by atoms with Crippen LogP contribution in [0.25, 0.3) is 28.0 Å². The maximum absolute atomic E-state index is 10.4. The van der Waals surface area contributed by atoms with Gasteiger partial charge in [-0.3, -0.25) is 9.47 Å². The van der Waals surface area contributed by atoms with Crippen LogP contribution in [0.1, 0.15) is 51.2 Å². The van der Waals surface area contributed by atoms with E-state index in [1.54, 1.807) is 7.11 Å². The molecule has 0 unspecified atom stereocenters. The summed E-state index contributed by atoms with van der Waals surface area (Å²) in [6, 6.07) is 12.2. The lowest BCUT2D eigenvalue weighted by Gasteiger charge is -2.37. The number of imidazole rings is 1. The van der Waals surface area contributed by atoms with E-state index in [1.807, 2.05) is 49.6 Å². The molecule has 10 heteroatoms. The summed E-state index contributed by atoms with van der Waals surface area (Å²) in [6.07, 6.45) is 1.74. The lowest BCUT2D eigenvalue weighted by molar-refractivity contribution is -0.0137. The summed E-state index contributed by atoms with van der Waals surface area (Å²) in [5.41, 5.74) is 3.79. The van der Waals surface area contributed by atoms with Gasteiger partial charge in [0.1, 0.15) is 17.4 Å². The van der Waals surface area contributed by atoms with Crippen molar-refractivity contribution in [3.63, 3.8) is 0 Å². The van der Waals surface area contributed by atoms with Gasteiger partial charge in [-0.05, 0) is 76.9 Å². The molecule has 4 aromatic rings. The van der Waals surface area contributed by atoms with Gasteiger partial charge < -0.3 is 19.5 Å². The summed E-state index contributed by atoms with van der Waals surface area (Å²) in [4.78, 5) is 24.8. The summed E-state index contributed by atoms with van der Waals surface area (Å²) in [5, 5.41) is 10.4. The van der Waals surface area contributed by atoms with Crippen LogP contribution in [0.5, 0.6) is 0 Å². The summed E-state index contributed by atoms with van der Waals surface area (Å²) in [6.45, 7) is 11.3. The van der Waals surface area contributed by atoms with Gasteiger partial charge in [0.2, 0.25) is 5.95 Å². The number of morpholine rings is 1. The number of aromatic nitrogens is 5. The Kier molecular flexibility index (Phi) is 7.43. The summed E-state index contributed by atoms with van der Waals surface area (Å²) >= 11 is 0. The Balaban J connectivity index is 1.40. The molecule has 0 amide bonds. The van der Waals surface area contributed by atoms with E-state index < -0.39 is 5.60 Å². The molecular formula is C30H39N7O3. The first-order valence-electron chi connectivity index (χ1n) is 14.3. The molecule has 5 heterocycles. The number of piperidine rings is 1. The van der Waals surface area contributed by atoms with Crippen molar-refractivity contribution in [3.8, 4) is 5.95 Å². The molecular weight excluding hydrogens is 506 g/mol. The smallest absolute Gasteiger partial charge is 0.238 e. The standard InChI is InChI=1S/C30H39N7O3/c1-20(39-4)27-32-23-7-5-6-8-25(23)37(27)29-33-24-10-9-22(19-35-13-11-21(12-14-35)30(2,3)38)31-26(24)28(34-29)36-15-17-40-18-16-36/h5-10,20-21,38H,11-19H2,1-4H3/t20-/m1/s1. The van der Waals surface area contributed by atoms with E-state index in [-0.39, 0.29) is 6.10 Å². The van der Waals surface area contributed by atoms with Gasteiger partial charge in [0.05, 0.1) is 41.1 Å². The highest BCUT2D eigenvalue weighted by molar-refractivity contribution is 5.87. The molecule has 2 saturated heterocycles. The molecule has 2 fully saturated rings. The van der Waals surface area contributed by atoms with E-state index in [0.29, 0.717) is 25.1 Å². The highest BCUT2D eigenvalue weighted by Gasteiger charge is 2.31. The Labute approximate surface area is 235 Å². The molecule has 1 aromatic carbocycles. The van der Waals surface area contributed by atoms with Crippen molar-refractivity contribution in [1.29, 1.82) is 0 Å². The van der Waals surface area contributed by atoms with Crippen molar-refractivity contribution < 1.29 is 14.6 Å². The minimum Gasteiger partial charge on any atom is -0.390 e. The number of ether oxygens (including phenoxy) is 2. The monoisotopic (exact) mass is 545 g/mol. The molecule has 2 aliphatic heterocycles. The van der Waals surface area contributed by atoms with Gasteiger partial charge in [-0.1, -0.05) is 12.1 Å². The molecule has 6 rings (SSSR count). The number of para-hydroxylation sites is 2. The van der Waals surface area contributed by atoms with Gasteiger partial charge in [0.25, 0.3) is 0 Å². The first-order valence-corrected chi connectivity index (χ1v) is 14.3. The molecule has 212 valence electrons. The second-order valence-electron chi connectivity index (χ2n) is 11.5. The largest absolute Gasteiger partial charge is 0.390 e. The Hall–Kier alpha value is -3.18. The van der Waals surface area contributed by atoms with E-state index in [4.69, 9.17) is 29.4 Å². The average Bonchev–Trinajstić information content (AvgIpc) is 3.36. The van der Waals surface area contributed by atoms with Crippen molar-refractivity contribution in [1.82, 2.24) is 29.4 Å². The Morgan fingerprint density at radius 2 is 1.73 bits per heavy atom. The number of methoxy groups -OCH3 is 1. The molecule has 1 N–H and O–H groups in total. The molecule has 0 spiro atoms. The van der Waals surface area contributed by atoms with Crippen LogP contribution < -0.4 is 4.90 Å². The zero-order valence-electron chi connectivity index (χ0n) is 23.9. The zero-order valence-corrected chi connectivity index (χ0v) is 23.9. The van der Waals surface area contributed by atoms with Gasteiger partial charge in [-0.25, -0.2) is 15.0 Å². The van der Waals surface area contributed by atoms with Crippen molar-refractivity contribution in [2.24, 2.45) is 5.92 Å². The Morgan fingerprint density at radius 3 is 2.45 bits per heavy atom. The molecule has 10 nitrogen and oxygen atoms in total. The third-order valence-corrected chi connectivity index (χ3v) is 8.36. The van der Waals surface area contributed by atoms with Gasteiger partial charge in [-0.2, -0.15) is 4.98 Å². The SMILES string of the molecule is CO[C@H](C)c1nc2ccccc2n1-c1nc(N2CCOCC2)c2nc(CN3CCC(C(C)(C)O)CC3)ccc2n1. The van der Waals surface area contributed by atoms with Crippen molar-refractivity contribution in [3.05, 3.63) is 47.9 Å². The average molecular weight is 546 g/mol. The number of nitrogens with zero attached hydrogens (tertiary/aromatic N) is 7. The highest BCUT2D eigenvalue weighted by atomic mass is 16.5. The van der Waals surface area contributed by atoms with Crippen LogP contribution in [0.2, 0.25) is 0 Å². The van der Waals surface area contributed by atoms with Crippen molar-refractivity contribution in [2.45, 2.75) is 51.9 Å². The lowest BCUT2D eigenvalue weighted by atomic mass is 9.83. The number of likely N-dealkylation sites (tertiary alicyclic amines) is 1. The fourth-order valence-electron chi connectivity index (χ4n) is 5.87. The van der Waals surface area contributed by atoms with Crippen LogP contribution in [0.4, 0.5) is 5.82 Å². The first-order chi connectivity index (χ1) is 19.3. The molecule has 0 radical (unpaired) electrons. The van der Waals surface area contributed by atoms with Gasteiger partial charge in [-0.15, -0.1) is 0 Å². The number of anilines is 1. The third-order valence-electron chi connectivity index (χ3n) is 8.36. The molecule has 40 heavy (non-hydrogen) atoms. The van der Waals surface area contributed by atoms with Gasteiger partial charge in [0, 0.05) is 26.7 Å². The number of rotatable bonds is 7. The summed E-state index contributed by atoms with van der Waals surface area (Å²) in [7, 11) is 1.69. The van der Waals surface area contributed by atoms with E-state index in [0.717, 1.165) is 85.0 Å². The lowest BCUT2D eigenvalue weighted by Crippen LogP contribution is -2.41. The molecule has 0 aliphatic carbocycles. The van der Waals surface area contributed by atoms with E-state index in [2.05, 4.69) is 21.9 Å². The normalized spacial score (nSPS) is 18.6. The molecule has 2 aliphatic rings. The first kappa shape index (κ1) is 27.0. The number of benzene rings is 1. The minimum atomic E-state index is -0.628. The molecule has 0 saturated carbocycles. The topological polar surface area (TPSA) is 102 Å². The predicted molar refractivity (Wildman–Crippen MR) is 155 cm³/mol. The maximum atomic E-state index is 10.4. The molecule has 3 aromatic heterocycles. The van der Waals surface area contributed by atoms with Crippen molar-refractivity contribution >= 4 is 27.9 Å². The van der Waals surface area contributed by atoms with Crippen molar-refractivity contribution in [2.75, 3.05) is 51.4 Å². The second kappa shape index (κ2) is 11.0. The minimum absolute atomic E-state index is 0.236. The van der Waals surface area contributed by atoms with Crippen LogP contribution >= 0.6 is 0 Å². The van der Waals surface area contributed by atoms with E-state index in [1.165, 1.54) is 0 Å². The zero-order chi connectivity index (χ0) is 27.9. The number of hydrogen-bond acceptors (Lipinski definition) is 9. The van der Waals surface area contributed by atoms with Crippen LogP contribution in [0.3, 0.4) is 0 Å². The van der Waals surface area contributed by atoms with Crippen LogP contribution in [-0.4, -0.2) is 86.6 Å². The Bertz CT molecular complexity index is 1480. The summed E-state index contributed by atoms with van der Waals surface area (Å²) in [5.74, 6) is 2.47. The highest BCUT2D eigenvalue weighted by Crippen LogP contribution is 2.31. The van der Waals surface area contributed by atoms with E-state index in [9.17, 15) is 5.11 Å². The molecule has 1 atom stereocenters. The second-order valence-corrected chi connectivity index (χ2v) is 11.5. The number of aliphatic hydroxyl groups is 1. The van der Waals surface area contributed by atoms with Crippen LogP contribution in [0, 0.1) is 5.92 Å². The van der Waals surface area contributed by atoms with E-state index >= 15 is 0 Å². The summed E-state index contributed by atoms with van der Waals surface area (Å²) < 4.78 is 13.3. The molecule has 0 bridgehead atoms. The van der Waals surface area contributed by atoms with Crippen LogP contribution in [-0.2, 0) is 16.0 Å². The quantitative estimate of drug-likeness (QED) is 0.371. The number of fused-ring (bicyclic) bond motifs is 2. The predicted octanol–water partition coefficient (Wildman–Crippen LogP) is 3.89. The Morgan fingerprint density at radius 1 is 0.975 bits per heavy atom. The number of pyridine rings is 1. The number of hydrogen-bond donors (Lipinski definition) is 1.